The Balaban J connectivity index is 0. The first kappa shape index (κ1) is 34.2. The average Bonchev–Trinajstić information content (AvgIpc) is 2.84. The van der Waals surface area contributed by atoms with Gasteiger partial charge in [-0.2, -0.15) is 0 Å². The minimum Gasteiger partial charge on any atom is -0.465 e. The molecular formula is C25H43N3O7. The topological polar surface area (TPSA) is 168 Å². The highest BCUT2D eigenvalue weighted by Crippen LogP contribution is 2.42. The summed E-state index contributed by atoms with van der Waals surface area (Å²) in [6, 6.07) is 6.62. The summed E-state index contributed by atoms with van der Waals surface area (Å²) in [5.74, 6) is -1.06. The molecule has 0 spiro atoms. The zero-order chi connectivity index (χ0) is 27.3. The fourth-order valence-electron chi connectivity index (χ4n) is 2.97. The Morgan fingerprint density at radius 1 is 1.00 bits per heavy atom. The number of hydrogen-bond acceptors (Lipinski definition) is 7. The molecule has 1 saturated carbocycles. The van der Waals surface area contributed by atoms with E-state index in [2.05, 4.69) is 10.6 Å². The van der Waals surface area contributed by atoms with E-state index < -0.39 is 23.3 Å². The first-order valence-electron chi connectivity index (χ1n) is 11.9. The van der Waals surface area contributed by atoms with Gasteiger partial charge in [-0.15, -0.1) is 0 Å². The van der Waals surface area contributed by atoms with Gasteiger partial charge in [-0.05, 0) is 37.3 Å². The number of nitrogens with one attached hydrogen (secondary N) is 2. The molecule has 1 aromatic rings. The van der Waals surface area contributed by atoms with Gasteiger partial charge in [0.25, 0.3) is 0 Å². The minimum atomic E-state index is -1.11. The molecule has 0 heterocycles. The fraction of sp³-hybridized carbons (Fsp3) is 0.600. The van der Waals surface area contributed by atoms with Gasteiger partial charge in [0.1, 0.15) is 5.41 Å². The van der Waals surface area contributed by atoms with Crippen LogP contribution in [0, 0.1) is 5.41 Å². The molecule has 10 nitrogen and oxygen atoms in total. The number of hydrogen-bond donors (Lipinski definition) is 5. The number of aliphatic hydroxyl groups excluding tert-OH is 2. The van der Waals surface area contributed by atoms with E-state index in [1.54, 1.807) is 31.2 Å². The van der Waals surface area contributed by atoms with Crippen molar-refractivity contribution in [3.63, 3.8) is 0 Å². The number of esters is 1. The van der Waals surface area contributed by atoms with Crippen molar-refractivity contribution in [1.82, 2.24) is 10.6 Å². The van der Waals surface area contributed by atoms with E-state index in [4.69, 9.17) is 20.7 Å². The lowest BCUT2D eigenvalue weighted by atomic mass is 9.68. The molecule has 0 aliphatic heterocycles. The molecule has 2 rings (SSSR count). The normalized spacial score (nSPS) is 12.4. The summed E-state index contributed by atoms with van der Waals surface area (Å²) in [4.78, 5) is 46.2. The Bertz CT molecular complexity index is 748. The molecule has 0 radical (unpaired) electrons. The second-order valence-corrected chi connectivity index (χ2v) is 7.32. The fourth-order valence-corrected chi connectivity index (χ4v) is 2.97. The maximum atomic E-state index is 12.3. The molecule has 1 aliphatic carbocycles. The molecule has 3 amide bonds. The van der Waals surface area contributed by atoms with Gasteiger partial charge in [0.15, 0.2) is 5.78 Å². The molecule has 0 unspecified atom stereocenters. The van der Waals surface area contributed by atoms with E-state index in [1.807, 2.05) is 20.8 Å². The van der Waals surface area contributed by atoms with Crippen LogP contribution in [0.5, 0.6) is 0 Å². The van der Waals surface area contributed by atoms with Crippen LogP contribution in [-0.4, -0.2) is 60.7 Å². The lowest BCUT2D eigenvalue weighted by Crippen LogP contribution is -2.52. The SMILES string of the molecule is CC.CCCNC(N)=O.CCOC(=O)C1(C(=O)NCC(=O)Cc2ccc(CO)cc2)CCC1.CO. The van der Waals surface area contributed by atoms with Gasteiger partial charge in [0.2, 0.25) is 5.91 Å². The first-order chi connectivity index (χ1) is 16.8. The van der Waals surface area contributed by atoms with Crippen LogP contribution in [0.1, 0.15) is 64.5 Å². The third kappa shape index (κ3) is 12.9. The summed E-state index contributed by atoms with van der Waals surface area (Å²) in [7, 11) is 1.00. The second kappa shape index (κ2) is 20.4. The Morgan fingerprint density at radius 2 is 1.54 bits per heavy atom. The Morgan fingerprint density at radius 3 is 1.91 bits per heavy atom. The number of primary amides is 1. The third-order valence-electron chi connectivity index (χ3n) is 4.91. The van der Waals surface area contributed by atoms with Crippen LogP contribution in [0.2, 0.25) is 0 Å². The van der Waals surface area contributed by atoms with Gasteiger partial charge >= 0.3 is 12.0 Å². The quantitative estimate of drug-likeness (QED) is 0.243. The minimum absolute atomic E-state index is 0.0414. The largest absolute Gasteiger partial charge is 0.465 e. The smallest absolute Gasteiger partial charge is 0.321 e. The number of amides is 3. The molecule has 1 aliphatic rings. The second-order valence-electron chi connectivity index (χ2n) is 7.32. The number of Topliss-reactive ketones (excluding diaryl/α,β-unsaturated/α-hetero) is 1. The van der Waals surface area contributed by atoms with Gasteiger partial charge in [0.05, 0.1) is 19.8 Å². The van der Waals surface area contributed by atoms with E-state index >= 15 is 0 Å². The number of urea groups is 1. The van der Waals surface area contributed by atoms with Gasteiger partial charge in [-0.25, -0.2) is 4.79 Å². The van der Waals surface area contributed by atoms with Crippen LogP contribution in [0.25, 0.3) is 0 Å². The van der Waals surface area contributed by atoms with Crippen molar-refractivity contribution < 1.29 is 34.1 Å². The highest BCUT2D eigenvalue weighted by atomic mass is 16.5. The zero-order valence-electron chi connectivity index (χ0n) is 21.7. The predicted octanol–water partition coefficient (Wildman–Crippen LogP) is 1.84. The molecule has 0 atom stereocenters. The number of ether oxygens (including phenoxy) is 1. The maximum Gasteiger partial charge on any atom is 0.321 e. The number of rotatable bonds is 10. The number of nitrogens with two attached hydrogens (primary N) is 1. The molecule has 1 aromatic carbocycles. The van der Waals surface area contributed by atoms with Crippen molar-refractivity contribution in [1.29, 1.82) is 0 Å². The molecule has 0 aromatic heterocycles. The van der Waals surface area contributed by atoms with E-state index in [1.165, 1.54) is 0 Å². The van der Waals surface area contributed by atoms with Crippen molar-refractivity contribution in [2.75, 3.05) is 26.8 Å². The summed E-state index contributed by atoms with van der Waals surface area (Å²) >= 11 is 0. The van der Waals surface area contributed by atoms with E-state index in [0.717, 1.165) is 31.1 Å². The number of ketones is 1. The number of carbonyl (C=O) groups is 4. The van der Waals surface area contributed by atoms with Crippen LogP contribution in [-0.2, 0) is 32.1 Å². The van der Waals surface area contributed by atoms with Gasteiger partial charge in [-0.1, -0.05) is 51.5 Å². The summed E-state index contributed by atoms with van der Waals surface area (Å²) in [6.45, 7) is 8.43. The Hall–Kier alpha value is -2.98. The Labute approximate surface area is 208 Å². The summed E-state index contributed by atoms with van der Waals surface area (Å²) in [5.41, 5.74) is 5.21. The molecule has 35 heavy (non-hydrogen) atoms. The lowest BCUT2D eigenvalue weighted by Gasteiger charge is -2.37. The van der Waals surface area contributed by atoms with Crippen molar-refractivity contribution >= 4 is 23.7 Å². The van der Waals surface area contributed by atoms with Gasteiger partial charge in [0, 0.05) is 20.1 Å². The first-order valence-corrected chi connectivity index (χ1v) is 11.9. The zero-order valence-corrected chi connectivity index (χ0v) is 21.7. The Kier molecular flexibility index (Phi) is 19.9. The standard InChI is InChI=1S/C18H23NO5.C4H10N2O.C2H6.CH4O/c1-2-24-17(23)18(8-3-9-18)16(22)19-11-15(21)10-13-4-6-14(12-20)7-5-13;1-2-3-6-4(5)7;2*1-2/h4-7,20H,2-3,8-12H2,1H3,(H,19,22);2-3H2,1H3,(H3,5,6,7);1-2H3;2H,1H3. The molecule has 0 bridgehead atoms. The summed E-state index contributed by atoms with van der Waals surface area (Å²) < 4.78 is 4.99. The van der Waals surface area contributed by atoms with Crippen LogP contribution in [0.3, 0.4) is 0 Å². The van der Waals surface area contributed by atoms with Crippen LogP contribution in [0.4, 0.5) is 4.79 Å². The molecule has 0 saturated heterocycles. The van der Waals surface area contributed by atoms with Crippen molar-refractivity contribution in [3.05, 3.63) is 35.4 Å². The van der Waals surface area contributed by atoms with Crippen LogP contribution < -0.4 is 16.4 Å². The predicted molar refractivity (Wildman–Crippen MR) is 134 cm³/mol. The lowest BCUT2D eigenvalue weighted by molar-refractivity contribution is -0.167. The molecule has 10 heteroatoms. The van der Waals surface area contributed by atoms with Crippen molar-refractivity contribution in [2.45, 2.75) is 66.4 Å². The number of carbonyl (C=O) groups excluding carboxylic acids is 4. The summed E-state index contributed by atoms with van der Waals surface area (Å²) in [5, 5.41) is 21.0. The van der Waals surface area contributed by atoms with Crippen molar-refractivity contribution in [2.24, 2.45) is 11.1 Å². The van der Waals surface area contributed by atoms with Crippen LogP contribution >= 0.6 is 0 Å². The van der Waals surface area contributed by atoms with Gasteiger partial charge < -0.3 is 31.3 Å². The highest BCUT2D eigenvalue weighted by Gasteiger charge is 2.52. The maximum absolute atomic E-state index is 12.3. The highest BCUT2D eigenvalue weighted by molar-refractivity contribution is 6.04. The monoisotopic (exact) mass is 497 g/mol. The third-order valence-corrected chi connectivity index (χ3v) is 4.91. The molecule has 1 fully saturated rings. The molecule has 200 valence electrons. The van der Waals surface area contributed by atoms with Gasteiger partial charge in [-0.3, -0.25) is 14.4 Å². The van der Waals surface area contributed by atoms with Crippen molar-refractivity contribution in [3.8, 4) is 0 Å². The molecule has 6 N–H and O–H groups in total. The van der Waals surface area contributed by atoms with E-state index in [0.29, 0.717) is 19.4 Å². The van der Waals surface area contributed by atoms with E-state index in [9.17, 15) is 19.2 Å². The van der Waals surface area contributed by atoms with Crippen LogP contribution in [0.15, 0.2) is 24.3 Å². The molecular weight excluding hydrogens is 454 g/mol. The van der Waals surface area contributed by atoms with E-state index in [-0.39, 0.29) is 32.0 Å². The average molecular weight is 498 g/mol. The number of benzene rings is 1. The number of aliphatic hydroxyl groups is 2. The summed E-state index contributed by atoms with van der Waals surface area (Å²) in [6.07, 6.45) is 2.86.